The fraction of sp³-hybridized carbons (Fsp3) is 0.778. The fourth-order valence-electron chi connectivity index (χ4n) is 1.86. The highest BCUT2D eigenvalue weighted by Gasteiger charge is 2.35. The summed E-state index contributed by atoms with van der Waals surface area (Å²) in [5.74, 6) is 0. The lowest BCUT2D eigenvalue weighted by atomic mass is 9.95. The van der Waals surface area contributed by atoms with E-state index in [9.17, 15) is 0 Å². The van der Waals surface area contributed by atoms with Crippen molar-refractivity contribution < 1.29 is 9.47 Å². The van der Waals surface area contributed by atoms with Gasteiger partial charge in [0.25, 0.3) is 0 Å². The van der Waals surface area contributed by atoms with Crippen molar-refractivity contribution in [1.29, 1.82) is 0 Å². The molecule has 0 aromatic heterocycles. The van der Waals surface area contributed by atoms with E-state index in [0.29, 0.717) is 12.2 Å². The largest absolute Gasteiger partial charge is 0.343 e. The van der Waals surface area contributed by atoms with Crippen molar-refractivity contribution in [2.24, 2.45) is 0 Å². The van der Waals surface area contributed by atoms with Gasteiger partial charge in [0.2, 0.25) is 0 Å². The molecule has 62 valence electrons. The predicted octanol–water partition coefficient (Wildman–Crippen LogP) is 1.86. The third-order valence-corrected chi connectivity index (χ3v) is 2.45. The van der Waals surface area contributed by atoms with Gasteiger partial charge in [-0.2, -0.15) is 0 Å². The van der Waals surface area contributed by atoms with Crippen LogP contribution in [0.1, 0.15) is 25.7 Å². The van der Waals surface area contributed by atoms with Crippen LogP contribution in [0, 0.1) is 0 Å². The zero-order chi connectivity index (χ0) is 7.68. The Labute approximate surface area is 67.2 Å². The van der Waals surface area contributed by atoms with E-state index < -0.39 is 0 Å². The summed E-state index contributed by atoms with van der Waals surface area (Å²) in [5.41, 5.74) is 0. The molecule has 0 bridgehead atoms. The van der Waals surface area contributed by atoms with Gasteiger partial charge in [-0.25, -0.2) is 0 Å². The Morgan fingerprint density at radius 2 is 1.64 bits per heavy atom. The Morgan fingerprint density at radius 3 is 2.09 bits per heavy atom. The highest BCUT2D eigenvalue weighted by molar-refractivity contribution is 4.87. The van der Waals surface area contributed by atoms with E-state index in [1.165, 1.54) is 12.8 Å². The van der Waals surface area contributed by atoms with E-state index in [1.807, 2.05) is 0 Å². The van der Waals surface area contributed by atoms with Gasteiger partial charge >= 0.3 is 0 Å². The summed E-state index contributed by atoms with van der Waals surface area (Å²) in [6, 6.07) is 0. The van der Waals surface area contributed by atoms with Gasteiger partial charge in [0.15, 0.2) is 6.29 Å². The molecule has 2 atom stereocenters. The van der Waals surface area contributed by atoms with E-state index in [0.717, 1.165) is 12.8 Å². The third-order valence-electron chi connectivity index (χ3n) is 2.45. The Balaban J connectivity index is 1.97. The van der Waals surface area contributed by atoms with Crippen LogP contribution >= 0.6 is 0 Å². The second kappa shape index (κ2) is 2.95. The summed E-state index contributed by atoms with van der Waals surface area (Å²) in [7, 11) is 0. The second-order valence-electron chi connectivity index (χ2n) is 3.24. The minimum Gasteiger partial charge on any atom is -0.343 e. The fourth-order valence-corrected chi connectivity index (χ4v) is 1.86. The lowest BCUT2D eigenvalue weighted by Gasteiger charge is -2.21. The average molecular weight is 154 g/mol. The first-order valence-electron chi connectivity index (χ1n) is 4.33. The summed E-state index contributed by atoms with van der Waals surface area (Å²) >= 11 is 0. The monoisotopic (exact) mass is 154 g/mol. The summed E-state index contributed by atoms with van der Waals surface area (Å²) in [4.78, 5) is 0. The van der Waals surface area contributed by atoms with E-state index in [-0.39, 0.29) is 6.29 Å². The quantitative estimate of drug-likeness (QED) is 0.537. The Morgan fingerprint density at radius 1 is 1.09 bits per heavy atom. The molecule has 0 N–H and O–H groups in total. The van der Waals surface area contributed by atoms with Crippen LogP contribution < -0.4 is 0 Å². The molecule has 0 radical (unpaired) electrons. The second-order valence-corrected chi connectivity index (χ2v) is 3.24. The van der Waals surface area contributed by atoms with Crippen LogP contribution in [0.3, 0.4) is 0 Å². The molecule has 1 saturated carbocycles. The molecule has 1 aliphatic heterocycles. The zero-order valence-electron chi connectivity index (χ0n) is 6.66. The summed E-state index contributed by atoms with van der Waals surface area (Å²) in [6.45, 7) is 3.65. The van der Waals surface area contributed by atoms with Gasteiger partial charge < -0.3 is 9.47 Å². The van der Waals surface area contributed by atoms with Crippen molar-refractivity contribution in [2.75, 3.05) is 0 Å². The molecule has 2 nitrogen and oxygen atoms in total. The molecule has 0 amide bonds. The van der Waals surface area contributed by atoms with Crippen LogP contribution in [0.25, 0.3) is 0 Å². The Bertz CT molecular complexity index is 142. The molecule has 1 aliphatic carbocycles. The topological polar surface area (TPSA) is 18.5 Å². The molecule has 0 aromatic carbocycles. The van der Waals surface area contributed by atoms with E-state index >= 15 is 0 Å². The molecule has 11 heavy (non-hydrogen) atoms. The summed E-state index contributed by atoms with van der Waals surface area (Å²) < 4.78 is 11.1. The van der Waals surface area contributed by atoms with Crippen molar-refractivity contribution in [2.45, 2.75) is 44.2 Å². The molecule has 2 aliphatic rings. The smallest absolute Gasteiger partial charge is 0.177 e. The van der Waals surface area contributed by atoms with Crippen LogP contribution in [0.2, 0.25) is 0 Å². The van der Waals surface area contributed by atoms with Crippen LogP contribution in [-0.2, 0) is 9.47 Å². The maximum Gasteiger partial charge on any atom is 0.177 e. The molecule has 0 aromatic rings. The Hall–Kier alpha value is -0.340. The molecule has 1 heterocycles. The van der Waals surface area contributed by atoms with Crippen molar-refractivity contribution in [1.82, 2.24) is 0 Å². The molecular weight excluding hydrogens is 140 g/mol. The SMILES string of the molecule is C=CC1O[C@@H]2CCCC[C@H]2O1. The maximum absolute atomic E-state index is 5.57. The van der Waals surface area contributed by atoms with E-state index in [1.54, 1.807) is 6.08 Å². The number of hydrogen-bond acceptors (Lipinski definition) is 2. The highest BCUT2D eigenvalue weighted by Crippen LogP contribution is 2.31. The highest BCUT2D eigenvalue weighted by atomic mass is 16.7. The number of rotatable bonds is 1. The van der Waals surface area contributed by atoms with Crippen molar-refractivity contribution >= 4 is 0 Å². The summed E-state index contributed by atoms with van der Waals surface area (Å²) in [6.07, 6.45) is 7.20. The predicted molar refractivity (Wildman–Crippen MR) is 42.2 cm³/mol. The van der Waals surface area contributed by atoms with Crippen LogP contribution in [0.5, 0.6) is 0 Å². The first-order valence-corrected chi connectivity index (χ1v) is 4.33. The van der Waals surface area contributed by atoms with Crippen molar-refractivity contribution in [3.8, 4) is 0 Å². The van der Waals surface area contributed by atoms with Gasteiger partial charge in [0.05, 0.1) is 12.2 Å². The molecule has 0 unspecified atom stereocenters. The Kier molecular flexibility index (Phi) is 1.96. The van der Waals surface area contributed by atoms with Gasteiger partial charge in [0.1, 0.15) is 0 Å². The number of fused-ring (bicyclic) bond motifs is 1. The molecule has 1 saturated heterocycles. The molecule has 0 spiro atoms. The minimum absolute atomic E-state index is 0.136. The minimum atomic E-state index is -0.136. The maximum atomic E-state index is 5.57. The molecule has 2 rings (SSSR count). The van der Waals surface area contributed by atoms with Crippen molar-refractivity contribution in [3.63, 3.8) is 0 Å². The van der Waals surface area contributed by atoms with Crippen LogP contribution in [-0.4, -0.2) is 18.5 Å². The number of ether oxygens (including phenoxy) is 2. The van der Waals surface area contributed by atoms with Gasteiger partial charge in [-0.3, -0.25) is 0 Å². The first-order chi connectivity index (χ1) is 5.40. The third kappa shape index (κ3) is 1.33. The summed E-state index contributed by atoms with van der Waals surface area (Å²) in [5, 5.41) is 0. The van der Waals surface area contributed by atoms with Gasteiger partial charge in [0, 0.05) is 0 Å². The average Bonchev–Trinajstić information content (AvgIpc) is 2.46. The van der Waals surface area contributed by atoms with E-state index in [4.69, 9.17) is 9.47 Å². The molecule has 2 heteroatoms. The molecular formula is C9H14O2. The van der Waals surface area contributed by atoms with Gasteiger partial charge in [-0.05, 0) is 18.9 Å². The van der Waals surface area contributed by atoms with Gasteiger partial charge in [-0.15, -0.1) is 0 Å². The number of hydrogen-bond donors (Lipinski definition) is 0. The lowest BCUT2D eigenvalue weighted by Crippen LogP contribution is -2.25. The van der Waals surface area contributed by atoms with Crippen LogP contribution in [0.15, 0.2) is 12.7 Å². The van der Waals surface area contributed by atoms with Crippen LogP contribution in [0.4, 0.5) is 0 Å². The molecule has 2 fully saturated rings. The first kappa shape index (κ1) is 7.32. The van der Waals surface area contributed by atoms with Crippen molar-refractivity contribution in [3.05, 3.63) is 12.7 Å². The lowest BCUT2D eigenvalue weighted by molar-refractivity contribution is -0.0271. The van der Waals surface area contributed by atoms with E-state index in [2.05, 4.69) is 6.58 Å². The van der Waals surface area contributed by atoms with Gasteiger partial charge in [-0.1, -0.05) is 19.4 Å². The standard InChI is InChI=1S/C9H14O2/c1-2-9-10-7-5-3-4-6-8(7)11-9/h2,7-9H,1,3-6H2/t7-,8-/m1/s1. The normalized spacial score (nSPS) is 38.5. The zero-order valence-corrected chi connectivity index (χ0v) is 6.66.